The molecule has 0 spiro atoms. The maximum Gasteiger partial charge on any atom is 0.160 e. The van der Waals surface area contributed by atoms with Gasteiger partial charge in [-0.15, -0.1) is 0 Å². The predicted octanol–water partition coefficient (Wildman–Crippen LogP) is 3.26. The highest BCUT2D eigenvalue weighted by molar-refractivity contribution is 5.83. The summed E-state index contributed by atoms with van der Waals surface area (Å²) in [5.41, 5.74) is 6.39. The number of hydrogen-bond donors (Lipinski definition) is 1. The third kappa shape index (κ3) is 3.16. The molecule has 0 saturated heterocycles. The topological polar surface area (TPSA) is 48.3 Å². The second kappa shape index (κ2) is 7.24. The largest absolute Gasteiger partial charge is 0.493 e. The van der Waals surface area contributed by atoms with Gasteiger partial charge < -0.3 is 19.4 Å². The summed E-state index contributed by atoms with van der Waals surface area (Å²) in [5.74, 6) is 1.52. The van der Waals surface area contributed by atoms with Gasteiger partial charge in [-0.2, -0.15) is 0 Å². The van der Waals surface area contributed by atoms with E-state index in [0.29, 0.717) is 6.04 Å². The van der Waals surface area contributed by atoms with Crippen molar-refractivity contribution in [3.63, 3.8) is 0 Å². The zero-order valence-electron chi connectivity index (χ0n) is 16.5. The van der Waals surface area contributed by atoms with Crippen LogP contribution in [0, 0.1) is 0 Å². The fourth-order valence-corrected chi connectivity index (χ4v) is 4.25. The van der Waals surface area contributed by atoms with Crippen LogP contribution in [-0.4, -0.2) is 36.9 Å². The Kier molecular flexibility index (Phi) is 4.79. The van der Waals surface area contributed by atoms with Gasteiger partial charge in [0.1, 0.15) is 5.65 Å². The predicted molar refractivity (Wildman–Crippen MR) is 108 cm³/mol. The second-order valence-corrected chi connectivity index (χ2v) is 7.29. The van der Waals surface area contributed by atoms with Crippen molar-refractivity contribution >= 4 is 11.0 Å². The van der Waals surface area contributed by atoms with Crippen molar-refractivity contribution in [1.82, 2.24) is 14.9 Å². The summed E-state index contributed by atoms with van der Waals surface area (Å²) in [6, 6.07) is 8.96. The SMILES string of the molecule is CNC1CCc2c(c3cc(Cc4ccc(OC)c(OC)c4)cnc3n2C)C1. The maximum absolute atomic E-state index is 5.44. The van der Waals surface area contributed by atoms with Crippen molar-refractivity contribution in [1.29, 1.82) is 0 Å². The highest BCUT2D eigenvalue weighted by atomic mass is 16.5. The van der Waals surface area contributed by atoms with Crippen molar-refractivity contribution in [2.24, 2.45) is 7.05 Å². The second-order valence-electron chi connectivity index (χ2n) is 7.29. The molecule has 27 heavy (non-hydrogen) atoms. The first-order valence-electron chi connectivity index (χ1n) is 9.47. The number of nitrogens with one attached hydrogen (secondary N) is 1. The van der Waals surface area contributed by atoms with E-state index in [2.05, 4.69) is 36.1 Å². The van der Waals surface area contributed by atoms with E-state index in [-0.39, 0.29) is 0 Å². The van der Waals surface area contributed by atoms with Gasteiger partial charge in [-0.1, -0.05) is 6.07 Å². The first-order valence-corrected chi connectivity index (χ1v) is 9.47. The lowest BCUT2D eigenvalue weighted by molar-refractivity contribution is 0.354. The molecule has 4 rings (SSSR count). The molecule has 0 amide bonds. The van der Waals surface area contributed by atoms with Gasteiger partial charge >= 0.3 is 0 Å². The van der Waals surface area contributed by atoms with Crippen LogP contribution in [0.15, 0.2) is 30.5 Å². The van der Waals surface area contributed by atoms with Crippen LogP contribution in [0.4, 0.5) is 0 Å². The van der Waals surface area contributed by atoms with Crippen LogP contribution in [0.5, 0.6) is 11.5 Å². The van der Waals surface area contributed by atoms with E-state index in [0.717, 1.165) is 36.4 Å². The van der Waals surface area contributed by atoms with E-state index >= 15 is 0 Å². The van der Waals surface area contributed by atoms with E-state index in [4.69, 9.17) is 14.5 Å². The Labute approximate surface area is 160 Å². The molecule has 5 nitrogen and oxygen atoms in total. The highest BCUT2D eigenvalue weighted by Crippen LogP contribution is 2.32. The number of aromatic nitrogens is 2. The Morgan fingerprint density at radius 2 is 1.96 bits per heavy atom. The Hall–Kier alpha value is -2.53. The van der Waals surface area contributed by atoms with E-state index in [1.165, 1.54) is 34.2 Å². The number of benzene rings is 1. The van der Waals surface area contributed by atoms with Crippen molar-refractivity contribution in [2.45, 2.75) is 31.7 Å². The molecule has 0 saturated carbocycles. The minimum absolute atomic E-state index is 0.553. The Morgan fingerprint density at radius 3 is 2.70 bits per heavy atom. The molecule has 1 unspecified atom stereocenters. The Balaban J connectivity index is 1.70. The molecule has 1 atom stereocenters. The van der Waals surface area contributed by atoms with Gasteiger partial charge in [0, 0.05) is 30.4 Å². The van der Waals surface area contributed by atoms with Gasteiger partial charge in [0.15, 0.2) is 11.5 Å². The summed E-state index contributed by atoms with van der Waals surface area (Å²) >= 11 is 0. The summed E-state index contributed by atoms with van der Waals surface area (Å²) in [7, 11) is 7.53. The van der Waals surface area contributed by atoms with Crippen LogP contribution >= 0.6 is 0 Å². The van der Waals surface area contributed by atoms with Gasteiger partial charge in [0.25, 0.3) is 0 Å². The number of methoxy groups -OCH3 is 2. The molecule has 1 aliphatic carbocycles. The fraction of sp³-hybridized carbons (Fsp3) is 0.409. The zero-order valence-corrected chi connectivity index (χ0v) is 16.5. The molecule has 0 fully saturated rings. The number of rotatable bonds is 5. The van der Waals surface area contributed by atoms with Crippen LogP contribution in [-0.2, 0) is 26.3 Å². The molecule has 2 heterocycles. The summed E-state index contributed by atoms with van der Waals surface area (Å²) in [4.78, 5) is 4.80. The Bertz CT molecular complexity index is 977. The summed E-state index contributed by atoms with van der Waals surface area (Å²) in [6.45, 7) is 0. The lowest BCUT2D eigenvalue weighted by atomic mass is 9.91. The first-order chi connectivity index (χ1) is 13.1. The number of hydrogen-bond acceptors (Lipinski definition) is 4. The fourth-order valence-electron chi connectivity index (χ4n) is 4.25. The van der Waals surface area contributed by atoms with E-state index in [1.807, 2.05) is 18.3 Å². The number of ether oxygens (including phenoxy) is 2. The number of nitrogens with zero attached hydrogens (tertiary/aromatic N) is 2. The molecule has 5 heteroatoms. The van der Waals surface area contributed by atoms with Gasteiger partial charge in [0.2, 0.25) is 0 Å². The number of aryl methyl sites for hydroxylation is 1. The number of pyridine rings is 1. The van der Waals surface area contributed by atoms with Gasteiger partial charge in [-0.3, -0.25) is 0 Å². The molecule has 0 aliphatic heterocycles. The van der Waals surface area contributed by atoms with E-state index < -0.39 is 0 Å². The molecule has 1 aromatic carbocycles. The zero-order chi connectivity index (χ0) is 19.0. The average molecular weight is 365 g/mol. The van der Waals surface area contributed by atoms with E-state index in [1.54, 1.807) is 14.2 Å². The molecule has 142 valence electrons. The first kappa shape index (κ1) is 17.9. The lowest BCUT2D eigenvalue weighted by Gasteiger charge is -2.22. The molecular formula is C22H27N3O2. The number of fused-ring (bicyclic) bond motifs is 3. The maximum atomic E-state index is 5.44. The van der Waals surface area contributed by atoms with Crippen LogP contribution in [0.25, 0.3) is 11.0 Å². The quantitative estimate of drug-likeness (QED) is 0.754. The molecule has 2 aromatic heterocycles. The monoisotopic (exact) mass is 365 g/mol. The Morgan fingerprint density at radius 1 is 1.15 bits per heavy atom. The van der Waals surface area contributed by atoms with Crippen molar-refractivity contribution in [2.75, 3.05) is 21.3 Å². The smallest absolute Gasteiger partial charge is 0.160 e. The molecular weight excluding hydrogens is 338 g/mol. The van der Waals surface area contributed by atoms with Crippen molar-refractivity contribution in [3.05, 3.63) is 52.8 Å². The van der Waals surface area contributed by atoms with Gasteiger partial charge in [-0.25, -0.2) is 4.98 Å². The summed E-state index contributed by atoms with van der Waals surface area (Å²) < 4.78 is 13.0. The van der Waals surface area contributed by atoms with Crippen molar-refractivity contribution < 1.29 is 9.47 Å². The molecule has 3 aromatic rings. The third-order valence-corrected chi connectivity index (χ3v) is 5.76. The number of likely N-dealkylation sites (N-methyl/N-ethyl adjacent to an activating group) is 1. The normalized spacial score (nSPS) is 16.4. The molecule has 0 bridgehead atoms. The van der Waals surface area contributed by atoms with Crippen LogP contribution < -0.4 is 14.8 Å². The van der Waals surface area contributed by atoms with E-state index in [9.17, 15) is 0 Å². The standard InChI is InChI=1S/C22H27N3O2/c1-23-16-6-7-19-17(12-16)18-10-15(13-24-22(18)25(19)2)9-14-5-8-20(26-3)21(11-14)27-4/h5,8,10-11,13,16,23H,6-7,9,12H2,1-4H3. The molecule has 0 radical (unpaired) electrons. The van der Waals surface area contributed by atoms with Crippen LogP contribution in [0.2, 0.25) is 0 Å². The van der Waals surface area contributed by atoms with Crippen LogP contribution in [0.1, 0.15) is 28.8 Å². The highest BCUT2D eigenvalue weighted by Gasteiger charge is 2.24. The van der Waals surface area contributed by atoms with Crippen molar-refractivity contribution in [3.8, 4) is 11.5 Å². The summed E-state index contributed by atoms with van der Waals surface area (Å²) in [5, 5.41) is 4.74. The summed E-state index contributed by atoms with van der Waals surface area (Å²) in [6.07, 6.45) is 6.19. The minimum atomic E-state index is 0.553. The molecule has 1 N–H and O–H groups in total. The van der Waals surface area contributed by atoms with Gasteiger partial charge in [-0.05, 0) is 67.6 Å². The van der Waals surface area contributed by atoms with Crippen LogP contribution in [0.3, 0.4) is 0 Å². The third-order valence-electron chi connectivity index (χ3n) is 5.76. The average Bonchev–Trinajstić information content (AvgIpc) is 2.99. The lowest BCUT2D eigenvalue weighted by Crippen LogP contribution is -2.31. The molecule has 1 aliphatic rings. The van der Waals surface area contributed by atoms with Gasteiger partial charge in [0.05, 0.1) is 14.2 Å². The minimum Gasteiger partial charge on any atom is -0.493 e.